The van der Waals surface area contributed by atoms with E-state index in [1.807, 2.05) is 0 Å². The van der Waals surface area contributed by atoms with Gasteiger partial charge in [0.25, 0.3) is 0 Å². The normalized spacial score (nSPS) is 12.8. The highest BCUT2D eigenvalue weighted by Crippen LogP contribution is 2.17. The number of carbonyl (C=O) groups is 1. The summed E-state index contributed by atoms with van der Waals surface area (Å²) in [6, 6.07) is -0.528. The molecule has 0 aromatic heterocycles. The zero-order chi connectivity index (χ0) is 35.0. The van der Waals surface area contributed by atoms with E-state index in [1.54, 1.807) is 0 Å². The molecular weight excluding hydrogens is 590 g/mol. The molecule has 0 aliphatic carbocycles. The van der Waals surface area contributed by atoms with Gasteiger partial charge in [-0.15, -0.1) is 0 Å². The third-order valence-electron chi connectivity index (χ3n) is 10.6. The molecule has 0 saturated heterocycles. The van der Waals surface area contributed by atoms with Crippen LogP contribution in [0.2, 0.25) is 0 Å². The molecule has 0 aromatic rings. The predicted octanol–water partition coefficient (Wildman–Crippen LogP) is 13.7. The minimum Gasteiger partial charge on any atom is -0.394 e. The third-order valence-corrected chi connectivity index (χ3v) is 10.6. The van der Waals surface area contributed by atoms with Crippen molar-refractivity contribution in [3.63, 3.8) is 0 Å². The van der Waals surface area contributed by atoms with E-state index in [9.17, 15) is 15.0 Å². The summed E-state index contributed by atoms with van der Waals surface area (Å²) in [6.45, 7) is 4.37. The van der Waals surface area contributed by atoms with Crippen molar-refractivity contribution in [2.45, 2.75) is 270 Å². The topological polar surface area (TPSA) is 69.6 Å². The van der Waals surface area contributed by atoms with Crippen LogP contribution in [0.15, 0.2) is 0 Å². The quantitative estimate of drug-likeness (QED) is 0.0563. The highest BCUT2D eigenvalue weighted by Gasteiger charge is 2.20. The van der Waals surface area contributed by atoms with E-state index in [0.29, 0.717) is 12.8 Å². The Morgan fingerprint density at radius 2 is 0.667 bits per heavy atom. The van der Waals surface area contributed by atoms with Gasteiger partial charge in [-0.2, -0.15) is 0 Å². The van der Waals surface area contributed by atoms with E-state index in [4.69, 9.17) is 0 Å². The van der Waals surface area contributed by atoms with E-state index < -0.39 is 12.1 Å². The van der Waals surface area contributed by atoms with Crippen LogP contribution >= 0.6 is 0 Å². The van der Waals surface area contributed by atoms with E-state index in [1.165, 1.54) is 205 Å². The molecular formula is C44H89NO3. The standard InChI is InChI=1S/C44H89NO3/c1-3-5-7-9-11-13-15-17-18-19-20-21-22-23-24-25-26-27-28-30-32-34-36-38-40-44(48)45-42(41-46)43(47)39-37-35-33-31-29-16-14-12-10-8-6-4-2/h42-43,46-47H,3-41H2,1-2H3,(H,45,48)/t42-,43+/m0/s1. The van der Waals surface area contributed by atoms with Gasteiger partial charge < -0.3 is 15.5 Å². The number of nitrogens with one attached hydrogen (secondary N) is 1. The molecule has 2 atom stereocenters. The van der Waals surface area contributed by atoms with Crippen molar-refractivity contribution in [2.75, 3.05) is 6.61 Å². The first-order valence-electron chi connectivity index (χ1n) is 22.2. The van der Waals surface area contributed by atoms with Gasteiger partial charge in [0, 0.05) is 6.42 Å². The van der Waals surface area contributed by atoms with Gasteiger partial charge in [-0.3, -0.25) is 4.79 Å². The van der Waals surface area contributed by atoms with Crippen molar-refractivity contribution in [3.05, 3.63) is 0 Å². The van der Waals surface area contributed by atoms with Crippen LogP contribution in [0.1, 0.15) is 258 Å². The van der Waals surface area contributed by atoms with Crippen LogP contribution in [-0.4, -0.2) is 34.9 Å². The zero-order valence-electron chi connectivity index (χ0n) is 33.0. The maximum Gasteiger partial charge on any atom is 0.220 e. The number of carbonyl (C=O) groups excluding carboxylic acids is 1. The second-order valence-electron chi connectivity index (χ2n) is 15.5. The molecule has 0 radical (unpaired) electrons. The molecule has 3 N–H and O–H groups in total. The maximum absolute atomic E-state index is 12.4. The first-order chi connectivity index (χ1) is 23.7. The Hall–Kier alpha value is -0.610. The van der Waals surface area contributed by atoms with Crippen LogP contribution in [-0.2, 0) is 4.79 Å². The average Bonchev–Trinajstić information content (AvgIpc) is 3.09. The van der Waals surface area contributed by atoms with E-state index in [-0.39, 0.29) is 12.5 Å². The Kier molecular flexibility index (Phi) is 40.3. The summed E-state index contributed by atoms with van der Waals surface area (Å²) in [7, 11) is 0. The highest BCUT2D eigenvalue weighted by molar-refractivity contribution is 5.76. The molecule has 0 saturated carbocycles. The Balaban J connectivity index is 3.42. The van der Waals surface area contributed by atoms with Crippen LogP contribution < -0.4 is 5.32 Å². The number of aliphatic hydroxyl groups excluding tert-OH is 2. The summed E-state index contributed by atoms with van der Waals surface area (Å²) in [6.07, 6.45) is 49.0. The summed E-state index contributed by atoms with van der Waals surface area (Å²) >= 11 is 0. The van der Waals surface area contributed by atoms with Crippen molar-refractivity contribution >= 4 is 5.91 Å². The molecule has 0 bridgehead atoms. The molecule has 4 nitrogen and oxygen atoms in total. The van der Waals surface area contributed by atoms with Crippen LogP contribution in [0.25, 0.3) is 0 Å². The van der Waals surface area contributed by atoms with E-state index in [2.05, 4.69) is 19.2 Å². The van der Waals surface area contributed by atoms with Gasteiger partial charge >= 0.3 is 0 Å². The summed E-state index contributed by atoms with van der Waals surface area (Å²) in [5.74, 6) is -0.0263. The lowest BCUT2D eigenvalue weighted by Gasteiger charge is -2.22. The smallest absolute Gasteiger partial charge is 0.220 e. The zero-order valence-corrected chi connectivity index (χ0v) is 33.0. The second-order valence-corrected chi connectivity index (χ2v) is 15.5. The van der Waals surface area contributed by atoms with Crippen LogP contribution in [0.5, 0.6) is 0 Å². The van der Waals surface area contributed by atoms with Gasteiger partial charge in [-0.1, -0.05) is 239 Å². The van der Waals surface area contributed by atoms with Gasteiger partial charge in [0.05, 0.1) is 18.8 Å². The second kappa shape index (κ2) is 40.8. The van der Waals surface area contributed by atoms with Gasteiger partial charge in [-0.05, 0) is 12.8 Å². The van der Waals surface area contributed by atoms with Crippen molar-refractivity contribution in [1.29, 1.82) is 0 Å². The predicted molar refractivity (Wildman–Crippen MR) is 212 cm³/mol. The highest BCUT2D eigenvalue weighted by atomic mass is 16.3. The number of hydrogen-bond donors (Lipinski definition) is 3. The minimum absolute atomic E-state index is 0.0263. The van der Waals surface area contributed by atoms with Crippen LogP contribution in [0, 0.1) is 0 Å². The maximum atomic E-state index is 12.4. The Morgan fingerprint density at radius 3 is 0.938 bits per heavy atom. The molecule has 0 aromatic carbocycles. The van der Waals surface area contributed by atoms with Crippen molar-refractivity contribution in [3.8, 4) is 0 Å². The molecule has 0 heterocycles. The Bertz CT molecular complexity index is 612. The van der Waals surface area contributed by atoms with Gasteiger partial charge in [0.2, 0.25) is 5.91 Å². The molecule has 0 fully saturated rings. The number of unbranched alkanes of at least 4 members (excludes halogenated alkanes) is 34. The molecule has 0 unspecified atom stereocenters. The van der Waals surface area contributed by atoms with Crippen molar-refractivity contribution in [1.82, 2.24) is 5.32 Å². The SMILES string of the molecule is CCCCCCCCCCCCCCCCCCCCCCCCCCC(=O)N[C@@H](CO)[C@H](O)CCCCCCCCCCCCCC. The summed E-state index contributed by atoms with van der Waals surface area (Å²) in [5, 5.41) is 23.1. The number of rotatable bonds is 41. The lowest BCUT2D eigenvalue weighted by Crippen LogP contribution is -2.45. The number of aliphatic hydroxyl groups is 2. The molecule has 48 heavy (non-hydrogen) atoms. The summed E-state index contributed by atoms with van der Waals surface area (Å²) in [4.78, 5) is 12.4. The van der Waals surface area contributed by atoms with Gasteiger partial charge in [0.15, 0.2) is 0 Å². The minimum atomic E-state index is -0.652. The molecule has 4 heteroatoms. The fourth-order valence-corrected chi connectivity index (χ4v) is 7.19. The molecule has 0 spiro atoms. The molecule has 0 aliphatic heterocycles. The molecule has 288 valence electrons. The molecule has 0 aliphatic rings. The summed E-state index contributed by atoms with van der Waals surface area (Å²) in [5.41, 5.74) is 0. The van der Waals surface area contributed by atoms with Crippen LogP contribution in [0.4, 0.5) is 0 Å². The largest absolute Gasteiger partial charge is 0.394 e. The monoisotopic (exact) mass is 680 g/mol. The third kappa shape index (κ3) is 36.7. The summed E-state index contributed by atoms with van der Waals surface area (Å²) < 4.78 is 0. The first-order valence-corrected chi connectivity index (χ1v) is 22.2. The fraction of sp³-hybridized carbons (Fsp3) is 0.977. The Morgan fingerprint density at radius 1 is 0.417 bits per heavy atom. The lowest BCUT2D eigenvalue weighted by atomic mass is 10.0. The first kappa shape index (κ1) is 47.4. The molecule has 1 amide bonds. The number of amides is 1. The van der Waals surface area contributed by atoms with Crippen molar-refractivity contribution in [2.24, 2.45) is 0 Å². The van der Waals surface area contributed by atoms with E-state index >= 15 is 0 Å². The van der Waals surface area contributed by atoms with Gasteiger partial charge in [0.1, 0.15) is 0 Å². The molecule has 0 rings (SSSR count). The fourth-order valence-electron chi connectivity index (χ4n) is 7.19. The van der Waals surface area contributed by atoms with E-state index in [0.717, 1.165) is 25.7 Å². The average molecular weight is 680 g/mol. The van der Waals surface area contributed by atoms with Gasteiger partial charge in [-0.25, -0.2) is 0 Å². The lowest BCUT2D eigenvalue weighted by molar-refractivity contribution is -0.123. The van der Waals surface area contributed by atoms with Crippen molar-refractivity contribution < 1.29 is 15.0 Å². The number of hydrogen-bond acceptors (Lipinski definition) is 3. The van der Waals surface area contributed by atoms with Crippen LogP contribution in [0.3, 0.4) is 0 Å². The Labute approximate surface area is 302 Å².